The fourth-order valence-corrected chi connectivity index (χ4v) is 2.95. The molecule has 142 valence electrons. The van der Waals surface area contributed by atoms with E-state index in [0.717, 1.165) is 24.1 Å². The van der Waals surface area contributed by atoms with Crippen LogP contribution in [0.2, 0.25) is 0 Å². The fourth-order valence-electron chi connectivity index (χ4n) is 2.95. The van der Waals surface area contributed by atoms with Gasteiger partial charge in [0.2, 0.25) is 11.8 Å². The zero-order chi connectivity index (χ0) is 19.1. The van der Waals surface area contributed by atoms with Gasteiger partial charge in [-0.25, -0.2) is 0 Å². The standard InChI is InChI=1S/C20H29N3O3/c1-4-5-6-18(24)21-12-11-14(2)23(3)20(26)16-8-7-15-9-10-19(25)22-17(15)13-16/h7-8,13-14H,4-6,9-12H2,1-3H3,(H,21,24)(H,22,25). The molecule has 1 heterocycles. The molecule has 0 spiro atoms. The Bertz CT molecular complexity index is 672. The molecule has 2 rings (SSSR count). The number of hydrogen-bond donors (Lipinski definition) is 2. The van der Waals surface area contributed by atoms with Crippen molar-refractivity contribution < 1.29 is 14.4 Å². The van der Waals surface area contributed by atoms with Gasteiger partial charge in [-0.05, 0) is 43.9 Å². The summed E-state index contributed by atoms with van der Waals surface area (Å²) in [6.07, 6.45) is 4.35. The lowest BCUT2D eigenvalue weighted by Gasteiger charge is -2.26. The molecule has 0 bridgehead atoms. The Balaban J connectivity index is 1.89. The van der Waals surface area contributed by atoms with E-state index in [-0.39, 0.29) is 23.8 Å². The van der Waals surface area contributed by atoms with Crippen molar-refractivity contribution in [2.45, 2.75) is 58.4 Å². The highest BCUT2D eigenvalue weighted by Crippen LogP contribution is 2.24. The predicted octanol–water partition coefficient (Wildman–Crippen LogP) is 2.73. The summed E-state index contributed by atoms with van der Waals surface area (Å²) in [5.41, 5.74) is 2.36. The van der Waals surface area contributed by atoms with E-state index in [2.05, 4.69) is 17.6 Å². The third-order valence-corrected chi connectivity index (χ3v) is 4.88. The second kappa shape index (κ2) is 9.36. The molecular formula is C20H29N3O3. The number of nitrogens with zero attached hydrogens (tertiary/aromatic N) is 1. The second-order valence-corrected chi connectivity index (χ2v) is 6.93. The van der Waals surface area contributed by atoms with Gasteiger partial charge in [0.05, 0.1) is 0 Å². The average molecular weight is 359 g/mol. The third kappa shape index (κ3) is 5.31. The van der Waals surface area contributed by atoms with E-state index in [0.29, 0.717) is 37.8 Å². The first-order chi connectivity index (χ1) is 12.4. The number of carbonyl (C=O) groups is 3. The normalized spacial score (nSPS) is 14.2. The van der Waals surface area contributed by atoms with Crippen LogP contribution in [0.25, 0.3) is 0 Å². The molecule has 1 atom stereocenters. The molecule has 0 radical (unpaired) electrons. The van der Waals surface area contributed by atoms with E-state index in [1.807, 2.05) is 19.1 Å². The van der Waals surface area contributed by atoms with E-state index in [9.17, 15) is 14.4 Å². The molecule has 1 aliphatic heterocycles. The first kappa shape index (κ1) is 19.9. The number of rotatable bonds is 8. The minimum Gasteiger partial charge on any atom is -0.356 e. The first-order valence-electron chi connectivity index (χ1n) is 9.39. The van der Waals surface area contributed by atoms with Crippen LogP contribution < -0.4 is 10.6 Å². The monoisotopic (exact) mass is 359 g/mol. The molecule has 1 unspecified atom stereocenters. The van der Waals surface area contributed by atoms with Gasteiger partial charge >= 0.3 is 0 Å². The molecule has 0 aliphatic carbocycles. The Morgan fingerprint density at radius 2 is 2.08 bits per heavy atom. The maximum absolute atomic E-state index is 12.7. The van der Waals surface area contributed by atoms with E-state index in [4.69, 9.17) is 0 Å². The first-order valence-corrected chi connectivity index (χ1v) is 9.39. The predicted molar refractivity (Wildman–Crippen MR) is 102 cm³/mol. The highest BCUT2D eigenvalue weighted by atomic mass is 16.2. The summed E-state index contributed by atoms with van der Waals surface area (Å²) in [5, 5.41) is 5.73. The topological polar surface area (TPSA) is 78.5 Å². The van der Waals surface area contributed by atoms with Crippen molar-refractivity contribution in [1.29, 1.82) is 0 Å². The highest BCUT2D eigenvalue weighted by molar-refractivity contribution is 5.99. The number of hydrogen-bond acceptors (Lipinski definition) is 3. The average Bonchev–Trinajstić information content (AvgIpc) is 2.64. The smallest absolute Gasteiger partial charge is 0.253 e. The number of benzene rings is 1. The van der Waals surface area contributed by atoms with Gasteiger partial charge in [0.1, 0.15) is 0 Å². The number of nitrogens with one attached hydrogen (secondary N) is 2. The largest absolute Gasteiger partial charge is 0.356 e. The van der Waals surface area contributed by atoms with Crippen molar-refractivity contribution in [1.82, 2.24) is 10.2 Å². The summed E-state index contributed by atoms with van der Waals surface area (Å²) in [7, 11) is 1.77. The fraction of sp³-hybridized carbons (Fsp3) is 0.550. The Labute approximate surface area is 155 Å². The zero-order valence-electron chi connectivity index (χ0n) is 15.9. The molecule has 3 amide bonds. The van der Waals surface area contributed by atoms with Crippen LogP contribution in [0, 0.1) is 0 Å². The summed E-state index contributed by atoms with van der Waals surface area (Å²) in [5.74, 6) is -0.0291. The lowest BCUT2D eigenvalue weighted by molar-refractivity contribution is -0.121. The van der Waals surface area contributed by atoms with Gasteiger partial charge in [-0.1, -0.05) is 19.4 Å². The second-order valence-electron chi connectivity index (χ2n) is 6.93. The number of aryl methyl sites for hydroxylation is 1. The van der Waals surface area contributed by atoms with Crippen molar-refractivity contribution in [2.75, 3.05) is 18.9 Å². The Kier molecular flexibility index (Phi) is 7.18. The van der Waals surface area contributed by atoms with Gasteiger partial charge in [0.25, 0.3) is 5.91 Å². The zero-order valence-corrected chi connectivity index (χ0v) is 15.9. The van der Waals surface area contributed by atoms with Crippen LogP contribution in [0.3, 0.4) is 0 Å². The van der Waals surface area contributed by atoms with Crippen LogP contribution in [-0.2, 0) is 16.0 Å². The molecular weight excluding hydrogens is 330 g/mol. The number of anilines is 1. The van der Waals surface area contributed by atoms with Crippen molar-refractivity contribution >= 4 is 23.4 Å². The van der Waals surface area contributed by atoms with Crippen molar-refractivity contribution in [3.05, 3.63) is 29.3 Å². The van der Waals surface area contributed by atoms with Gasteiger partial charge in [-0.3, -0.25) is 14.4 Å². The molecule has 1 aromatic carbocycles. The molecule has 0 saturated carbocycles. The van der Waals surface area contributed by atoms with Crippen LogP contribution in [0.4, 0.5) is 5.69 Å². The molecule has 6 nitrogen and oxygen atoms in total. The Hall–Kier alpha value is -2.37. The minimum atomic E-state index is -0.0857. The van der Waals surface area contributed by atoms with Crippen molar-refractivity contribution in [3.63, 3.8) is 0 Å². The number of fused-ring (bicyclic) bond motifs is 1. The van der Waals surface area contributed by atoms with E-state index in [1.54, 1.807) is 18.0 Å². The van der Waals surface area contributed by atoms with Crippen LogP contribution >= 0.6 is 0 Å². The van der Waals surface area contributed by atoms with Crippen LogP contribution in [0.5, 0.6) is 0 Å². The van der Waals surface area contributed by atoms with E-state index >= 15 is 0 Å². The Morgan fingerprint density at radius 1 is 1.31 bits per heavy atom. The van der Waals surface area contributed by atoms with Crippen LogP contribution in [0.1, 0.15) is 61.9 Å². The summed E-state index contributed by atoms with van der Waals surface area (Å²) in [4.78, 5) is 37.6. The molecule has 6 heteroatoms. The molecule has 0 aromatic heterocycles. The molecule has 26 heavy (non-hydrogen) atoms. The van der Waals surface area contributed by atoms with Gasteiger partial charge in [-0.2, -0.15) is 0 Å². The SMILES string of the molecule is CCCCC(=O)NCCC(C)N(C)C(=O)c1ccc2c(c1)NC(=O)CC2. The maximum Gasteiger partial charge on any atom is 0.253 e. The quantitative estimate of drug-likeness (QED) is 0.749. The lowest BCUT2D eigenvalue weighted by atomic mass is 10.00. The van der Waals surface area contributed by atoms with E-state index < -0.39 is 0 Å². The summed E-state index contributed by atoms with van der Waals surface area (Å²) in [6.45, 7) is 4.58. The summed E-state index contributed by atoms with van der Waals surface area (Å²) < 4.78 is 0. The van der Waals surface area contributed by atoms with Gasteiger partial charge in [0.15, 0.2) is 0 Å². The Morgan fingerprint density at radius 3 is 2.81 bits per heavy atom. The maximum atomic E-state index is 12.7. The number of amides is 3. The minimum absolute atomic E-state index is 0.000372. The number of carbonyl (C=O) groups excluding carboxylic acids is 3. The third-order valence-electron chi connectivity index (χ3n) is 4.88. The summed E-state index contributed by atoms with van der Waals surface area (Å²) in [6, 6.07) is 5.48. The van der Waals surface area contributed by atoms with Crippen molar-refractivity contribution in [2.24, 2.45) is 0 Å². The number of unbranched alkanes of at least 4 members (excludes halogenated alkanes) is 1. The van der Waals surface area contributed by atoms with Crippen LogP contribution in [0.15, 0.2) is 18.2 Å². The molecule has 1 aromatic rings. The molecule has 0 saturated heterocycles. The van der Waals surface area contributed by atoms with Crippen molar-refractivity contribution in [3.8, 4) is 0 Å². The molecule has 0 fully saturated rings. The van der Waals surface area contributed by atoms with Gasteiger partial charge in [0, 0.05) is 43.7 Å². The summed E-state index contributed by atoms with van der Waals surface area (Å²) >= 11 is 0. The molecule has 2 N–H and O–H groups in total. The molecule has 1 aliphatic rings. The highest BCUT2D eigenvalue weighted by Gasteiger charge is 2.21. The van der Waals surface area contributed by atoms with Gasteiger partial charge in [-0.15, -0.1) is 0 Å². The van der Waals surface area contributed by atoms with Gasteiger partial charge < -0.3 is 15.5 Å². The lowest BCUT2D eigenvalue weighted by Crippen LogP contribution is -2.38. The van der Waals surface area contributed by atoms with E-state index in [1.165, 1.54) is 0 Å². The van der Waals surface area contributed by atoms with Crippen LogP contribution in [-0.4, -0.2) is 42.3 Å².